The number of benzene rings is 2. The third-order valence-electron chi connectivity index (χ3n) is 5.79. The first-order valence-electron chi connectivity index (χ1n) is 11.7. The second-order valence-electron chi connectivity index (χ2n) is 8.69. The maximum Gasteiger partial charge on any atom is 0.490 e. The summed E-state index contributed by atoms with van der Waals surface area (Å²) in [5.41, 5.74) is 4.48. The van der Waals surface area contributed by atoms with Crippen LogP contribution in [-0.4, -0.2) is 43.0 Å². The number of carbonyl (C=O) groups excluding carboxylic acids is 1. The van der Waals surface area contributed by atoms with Gasteiger partial charge in [-0.15, -0.1) is 0 Å². The van der Waals surface area contributed by atoms with Gasteiger partial charge in [-0.05, 0) is 47.5 Å². The molecule has 0 bridgehead atoms. The lowest BCUT2D eigenvalue weighted by Gasteiger charge is -2.09. The predicted octanol–water partition coefficient (Wildman–Crippen LogP) is 5.17. The third-order valence-corrected chi connectivity index (χ3v) is 5.79. The molecule has 5 aromatic rings. The van der Waals surface area contributed by atoms with E-state index >= 15 is 0 Å². The second-order valence-corrected chi connectivity index (χ2v) is 8.69. The first kappa shape index (κ1) is 30.5. The van der Waals surface area contributed by atoms with Crippen LogP contribution in [0.1, 0.15) is 21.7 Å². The zero-order valence-electron chi connectivity index (χ0n) is 21.1. The summed E-state index contributed by atoms with van der Waals surface area (Å²) >= 11 is 0. The third kappa shape index (κ3) is 6.71. The number of nitrogen functional groups attached to an aromatic ring is 1. The summed E-state index contributed by atoms with van der Waals surface area (Å²) in [7, 11) is 0. The van der Waals surface area contributed by atoms with E-state index < -0.39 is 53.3 Å². The molecule has 0 spiro atoms. The number of Topliss-reactive ketones (excluding diaryl/α,β-unsaturated/α-hetero) is 1. The SMILES string of the molecule is Nc1noc2ccc(-n3nc(C(F)(F)F)cc3C(=O)Cc3ccc(-c4ccc[nH]c4=O)cc3F)cc12.O=C(O)C(F)(F)F. The summed E-state index contributed by atoms with van der Waals surface area (Å²) in [6, 6.07) is 11.8. The molecule has 0 atom stereocenters. The van der Waals surface area contributed by atoms with Gasteiger partial charge in [0.15, 0.2) is 22.9 Å². The van der Waals surface area contributed by atoms with Crippen molar-refractivity contribution in [3.63, 3.8) is 0 Å². The van der Waals surface area contributed by atoms with Crippen molar-refractivity contribution in [2.24, 2.45) is 0 Å². The van der Waals surface area contributed by atoms with Crippen LogP contribution in [0.25, 0.3) is 27.8 Å². The van der Waals surface area contributed by atoms with Crippen LogP contribution in [0, 0.1) is 5.82 Å². The number of nitrogens with zero attached hydrogens (tertiary/aromatic N) is 3. The molecule has 2 aromatic carbocycles. The molecule has 5 rings (SSSR count). The zero-order valence-corrected chi connectivity index (χ0v) is 21.1. The topological polar surface area (TPSA) is 157 Å². The molecule has 224 valence electrons. The van der Waals surface area contributed by atoms with Crippen LogP contribution in [0.15, 0.2) is 70.1 Å². The number of rotatable bonds is 5. The summed E-state index contributed by atoms with van der Waals surface area (Å²) in [6.45, 7) is 0. The molecule has 0 fully saturated rings. The zero-order chi connectivity index (χ0) is 31.7. The molecule has 0 amide bonds. The molecule has 0 aliphatic heterocycles. The van der Waals surface area contributed by atoms with Crippen LogP contribution in [0.3, 0.4) is 0 Å². The number of hydrogen-bond acceptors (Lipinski definition) is 7. The number of carboxylic acid groups (broad SMARTS) is 1. The fourth-order valence-electron chi connectivity index (χ4n) is 3.76. The quantitative estimate of drug-likeness (QED) is 0.182. The number of nitrogens with one attached hydrogen (secondary N) is 1. The van der Waals surface area contributed by atoms with Gasteiger partial charge in [0.05, 0.1) is 11.1 Å². The molecule has 43 heavy (non-hydrogen) atoms. The lowest BCUT2D eigenvalue weighted by molar-refractivity contribution is -0.192. The van der Waals surface area contributed by atoms with Crippen molar-refractivity contribution in [2.45, 2.75) is 18.8 Å². The monoisotopic (exact) mass is 611 g/mol. The average molecular weight is 611 g/mol. The van der Waals surface area contributed by atoms with E-state index in [2.05, 4.69) is 15.2 Å². The highest BCUT2D eigenvalue weighted by molar-refractivity contribution is 5.97. The first-order chi connectivity index (χ1) is 20.1. The number of carbonyl (C=O) groups is 2. The van der Waals surface area contributed by atoms with Crippen molar-refractivity contribution in [1.29, 1.82) is 0 Å². The van der Waals surface area contributed by atoms with E-state index in [0.717, 1.165) is 10.7 Å². The van der Waals surface area contributed by atoms with Crippen molar-refractivity contribution in [3.05, 3.63) is 93.9 Å². The Labute approximate surface area is 234 Å². The fourth-order valence-corrected chi connectivity index (χ4v) is 3.76. The standard InChI is InChI=1S/C24H15F4N5O3.C2HF3O2/c25-17-8-12(15-2-1-7-30-23(15)35)3-4-13(17)9-19(34)18-11-21(24(26,27)28)31-33(18)14-5-6-20-16(10-14)22(29)32-36-20;3-2(4,5)1(6)7/h1-8,10-11H,9H2,(H2,29,32)(H,30,35);(H,6,7). The first-order valence-corrected chi connectivity index (χ1v) is 11.7. The molecular formula is C26H16F7N5O5. The van der Waals surface area contributed by atoms with Crippen LogP contribution < -0.4 is 11.3 Å². The summed E-state index contributed by atoms with van der Waals surface area (Å²) in [5, 5.41) is 14.6. The van der Waals surface area contributed by atoms with Gasteiger partial charge >= 0.3 is 18.3 Å². The van der Waals surface area contributed by atoms with Crippen molar-refractivity contribution in [1.82, 2.24) is 19.9 Å². The van der Waals surface area contributed by atoms with E-state index in [9.17, 15) is 40.3 Å². The number of H-pyrrole nitrogens is 1. The molecule has 0 aliphatic rings. The molecule has 0 aliphatic carbocycles. The number of alkyl halides is 6. The number of hydrogen-bond donors (Lipinski definition) is 3. The molecule has 4 N–H and O–H groups in total. The maximum atomic E-state index is 14.8. The number of carboxylic acids is 1. The summed E-state index contributed by atoms with van der Waals surface area (Å²) in [4.78, 5) is 36.4. The van der Waals surface area contributed by atoms with Gasteiger partial charge in [0.1, 0.15) is 11.5 Å². The van der Waals surface area contributed by atoms with Gasteiger partial charge < -0.3 is 20.3 Å². The lowest BCUT2D eigenvalue weighted by atomic mass is 10.0. The molecule has 10 nitrogen and oxygen atoms in total. The smallest absolute Gasteiger partial charge is 0.475 e. The van der Waals surface area contributed by atoms with Crippen molar-refractivity contribution >= 4 is 28.5 Å². The van der Waals surface area contributed by atoms with Gasteiger partial charge in [0.2, 0.25) is 0 Å². The minimum Gasteiger partial charge on any atom is -0.475 e. The van der Waals surface area contributed by atoms with Crippen molar-refractivity contribution < 1.29 is 50.0 Å². The van der Waals surface area contributed by atoms with Crippen LogP contribution in [0.4, 0.5) is 36.6 Å². The highest BCUT2D eigenvalue weighted by Crippen LogP contribution is 2.31. The number of anilines is 1. The number of aromatic amines is 1. The Kier molecular flexibility index (Phi) is 8.09. The van der Waals surface area contributed by atoms with Gasteiger partial charge in [-0.1, -0.05) is 17.3 Å². The molecule has 3 aromatic heterocycles. The number of halogens is 7. The summed E-state index contributed by atoms with van der Waals surface area (Å²) in [5.74, 6) is -4.33. The Bertz CT molecular complexity index is 1890. The largest absolute Gasteiger partial charge is 0.490 e. The lowest BCUT2D eigenvalue weighted by Crippen LogP contribution is -2.21. The van der Waals surface area contributed by atoms with E-state index in [4.69, 9.17) is 20.2 Å². The average Bonchev–Trinajstić information content (AvgIpc) is 3.54. The maximum absolute atomic E-state index is 14.8. The minimum absolute atomic E-state index is 0.0161. The fraction of sp³-hybridized carbons (Fsp3) is 0.115. The number of nitrogens with two attached hydrogens (primary N) is 1. The van der Waals surface area contributed by atoms with E-state index in [0.29, 0.717) is 17.0 Å². The summed E-state index contributed by atoms with van der Waals surface area (Å²) in [6.07, 6.45) is -9.02. The van der Waals surface area contributed by atoms with Crippen molar-refractivity contribution in [2.75, 3.05) is 5.73 Å². The van der Waals surface area contributed by atoms with Gasteiger partial charge in [-0.3, -0.25) is 9.59 Å². The van der Waals surface area contributed by atoms with E-state index in [-0.39, 0.29) is 28.2 Å². The summed E-state index contributed by atoms with van der Waals surface area (Å²) < 4.78 is 92.7. The minimum atomic E-state index is -5.08. The Hall–Kier alpha value is -5.48. The van der Waals surface area contributed by atoms with Gasteiger partial charge in [0, 0.05) is 24.2 Å². The van der Waals surface area contributed by atoms with Crippen LogP contribution in [0.5, 0.6) is 0 Å². The molecule has 0 saturated carbocycles. The number of fused-ring (bicyclic) bond motifs is 1. The van der Waals surface area contributed by atoms with E-state index in [1.807, 2.05) is 0 Å². The van der Waals surface area contributed by atoms with Gasteiger partial charge in [-0.2, -0.15) is 31.4 Å². The number of aliphatic carboxylic acids is 1. The van der Waals surface area contributed by atoms with Crippen molar-refractivity contribution in [3.8, 4) is 16.8 Å². The van der Waals surface area contributed by atoms with Crippen LogP contribution >= 0.6 is 0 Å². The highest BCUT2D eigenvalue weighted by Gasteiger charge is 2.38. The Morgan fingerprint density at radius 3 is 2.33 bits per heavy atom. The predicted molar refractivity (Wildman–Crippen MR) is 135 cm³/mol. The van der Waals surface area contributed by atoms with Gasteiger partial charge in [0.25, 0.3) is 5.56 Å². The van der Waals surface area contributed by atoms with Crippen LogP contribution in [-0.2, 0) is 17.4 Å². The molecule has 0 unspecified atom stereocenters. The molecule has 3 heterocycles. The Morgan fingerprint density at radius 2 is 1.72 bits per heavy atom. The number of aromatic nitrogens is 4. The normalized spacial score (nSPS) is 11.7. The number of ketones is 1. The van der Waals surface area contributed by atoms with Crippen LogP contribution in [0.2, 0.25) is 0 Å². The Morgan fingerprint density at radius 1 is 1.02 bits per heavy atom. The Balaban J connectivity index is 0.000000541. The molecular weight excluding hydrogens is 595 g/mol. The van der Waals surface area contributed by atoms with E-state index in [1.54, 1.807) is 6.07 Å². The van der Waals surface area contributed by atoms with E-state index in [1.165, 1.54) is 42.6 Å². The second kappa shape index (κ2) is 11.4. The molecule has 0 saturated heterocycles. The molecule has 0 radical (unpaired) electrons. The highest BCUT2D eigenvalue weighted by atomic mass is 19.4. The molecule has 17 heteroatoms. The van der Waals surface area contributed by atoms with Gasteiger partial charge in [-0.25, -0.2) is 13.9 Å². The number of pyridine rings is 1.